The van der Waals surface area contributed by atoms with E-state index in [1.807, 2.05) is 7.05 Å². The lowest BCUT2D eigenvalue weighted by atomic mass is 9.83. The Labute approximate surface area is 146 Å². The number of piperidine rings is 2. The third-order valence-corrected chi connectivity index (χ3v) is 5.35. The number of nitrogens with zero attached hydrogens (tertiary/aromatic N) is 5. The van der Waals surface area contributed by atoms with Crippen molar-refractivity contribution in [2.75, 3.05) is 43.9 Å². The van der Waals surface area contributed by atoms with E-state index in [0.717, 1.165) is 50.2 Å². The van der Waals surface area contributed by atoms with Crippen molar-refractivity contribution in [2.24, 2.45) is 5.92 Å². The van der Waals surface area contributed by atoms with E-state index in [1.54, 1.807) is 6.20 Å². The van der Waals surface area contributed by atoms with Crippen molar-refractivity contribution in [1.29, 1.82) is 0 Å². The number of hydrogen-bond donors (Lipinski definition) is 3. The Morgan fingerprint density at radius 1 is 1.40 bits per heavy atom. The number of amides is 1. The molecule has 0 bridgehead atoms. The van der Waals surface area contributed by atoms with Gasteiger partial charge in [0, 0.05) is 38.6 Å². The molecule has 4 heterocycles. The second-order valence-electron chi connectivity index (χ2n) is 6.83. The fourth-order valence-corrected chi connectivity index (χ4v) is 4.14. The first-order chi connectivity index (χ1) is 12.2. The minimum absolute atomic E-state index is 0.253. The van der Waals surface area contributed by atoms with Gasteiger partial charge >= 0.3 is 0 Å². The Balaban J connectivity index is 1.56. The van der Waals surface area contributed by atoms with Crippen molar-refractivity contribution in [1.82, 2.24) is 30.4 Å². The van der Waals surface area contributed by atoms with Crippen LogP contribution in [0.3, 0.4) is 0 Å². The maximum absolute atomic E-state index is 12.3. The van der Waals surface area contributed by atoms with Crippen LogP contribution >= 0.6 is 0 Å². The molecule has 2 aliphatic rings. The summed E-state index contributed by atoms with van der Waals surface area (Å²) in [5.41, 5.74) is 6.53. The van der Waals surface area contributed by atoms with Crippen molar-refractivity contribution < 1.29 is 4.79 Å². The molecule has 134 valence electrons. The maximum atomic E-state index is 12.3. The number of rotatable bonds is 4. The van der Waals surface area contributed by atoms with Crippen LogP contribution in [0.25, 0.3) is 11.0 Å². The first-order valence-electron chi connectivity index (χ1n) is 8.83. The quantitative estimate of drug-likeness (QED) is 0.713. The smallest absolute Gasteiger partial charge is 0.224 e. The predicted octanol–water partition coefficient (Wildman–Crippen LogP) is -0.0282. The number of H-pyrrole nitrogens is 1. The number of anilines is 2. The van der Waals surface area contributed by atoms with Gasteiger partial charge in [-0.15, -0.1) is 0 Å². The number of fused-ring (bicyclic) bond motifs is 2. The molecule has 4 N–H and O–H groups in total. The molecular weight excluding hydrogens is 320 g/mol. The normalized spacial score (nSPS) is 24.0. The van der Waals surface area contributed by atoms with E-state index in [-0.39, 0.29) is 11.9 Å². The average Bonchev–Trinajstić information content (AvgIpc) is 3.08. The van der Waals surface area contributed by atoms with Gasteiger partial charge in [0.25, 0.3) is 0 Å². The topological polar surface area (TPSA) is 116 Å². The highest BCUT2D eigenvalue weighted by atomic mass is 16.2. The van der Waals surface area contributed by atoms with Crippen LogP contribution in [0, 0.1) is 5.92 Å². The van der Waals surface area contributed by atoms with Gasteiger partial charge in [0.1, 0.15) is 5.82 Å². The number of nitrogen functional groups attached to an aromatic ring is 1. The Hall–Kier alpha value is -2.42. The lowest BCUT2D eigenvalue weighted by molar-refractivity contribution is -0.139. The van der Waals surface area contributed by atoms with Crippen molar-refractivity contribution in [3.05, 3.63) is 6.20 Å². The minimum atomic E-state index is 0.253. The van der Waals surface area contributed by atoms with Gasteiger partial charge in [-0.05, 0) is 25.8 Å². The monoisotopic (exact) mass is 344 g/mol. The van der Waals surface area contributed by atoms with E-state index in [9.17, 15) is 4.79 Å². The Kier molecular flexibility index (Phi) is 4.16. The van der Waals surface area contributed by atoms with E-state index in [4.69, 9.17) is 5.73 Å². The van der Waals surface area contributed by atoms with Gasteiger partial charge in [-0.3, -0.25) is 9.89 Å². The molecule has 2 aromatic rings. The summed E-state index contributed by atoms with van der Waals surface area (Å²) < 4.78 is 0. The van der Waals surface area contributed by atoms with Crippen molar-refractivity contribution in [2.45, 2.75) is 25.3 Å². The molecule has 2 saturated heterocycles. The fraction of sp³-hybridized carbons (Fsp3) is 0.625. The van der Waals surface area contributed by atoms with Gasteiger partial charge in [-0.25, -0.2) is 0 Å². The molecule has 9 heteroatoms. The highest BCUT2D eigenvalue weighted by molar-refractivity contribution is 5.87. The van der Waals surface area contributed by atoms with Gasteiger partial charge < -0.3 is 20.9 Å². The molecular formula is C16H24N8O. The molecule has 0 radical (unpaired) electrons. The molecule has 0 saturated carbocycles. The zero-order valence-corrected chi connectivity index (χ0v) is 14.4. The summed E-state index contributed by atoms with van der Waals surface area (Å²) in [6.07, 6.45) is 4.26. The van der Waals surface area contributed by atoms with Crippen LogP contribution in [-0.2, 0) is 4.79 Å². The summed E-state index contributed by atoms with van der Waals surface area (Å²) in [4.78, 5) is 25.3. The van der Waals surface area contributed by atoms with Crippen LogP contribution in [0.1, 0.15) is 19.3 Å². The van der Waals surface area contributed by atoms with E-state index in [1.165, 1.54) is 0 Å². The number of likely N-dealkylation sites (tertiary alicyclic amines) is 1. The molecule has 1 amide bonds. The molecule has 2 aliphatic heterocycles. The summed E-state index contributed by atoms with van der Waals surface area (Å²) in [6.45, 7) is 3.34. The van der Waals surface area contributed by atoms with Gasteiger partial charge in [-0.1, -0.05) is 0 Å². The van der Waals surface area contributed by atoms with Crippen LogP contribution < -0.4 is 16.0 Å². The Bertz CT molecular complexity index is 775. The van der Waals surface area contributed by atoms with Gasteiger partial charge in [-0.2, -0.15) is 15.1 Å². The molecule has 4 rings (SSSR count). The highest BCUT2D eigenvalue weighted by Gasteiger charge is 2.39. The largest absolute Gasteiger partial charge is 0.368 e. The molecule has 2 aromatic heterocycles. The third kappa shape index (κ3) is 2.88. The molecule has 2 atom stereocenters. The number of carbonyl (C=O) groups excluding carboxylic acids is 1. The predicted molar refractivity (Wildman–Crippen MR) is 95.1 cm³/mol. The first-order valence-corrected chi connectivity index (χ1v) is 8.83. The van der Waals surface area contributed by atoms with Crippen LogP contribution in [0.5, 0.6) is 0 Å². The van der Waals surface area contributed by atoms with E-state index in [0.29, 0.717) is 24.0 Å². The summed E-state index contributed by atoms with van der Waals surface area (Å²) in [7, 11) is 1.92. The third-order valence-electron chi connectivity index (χ3n) is 5.35. The number of hydrogen-bond acceptors (Lipinski definition) is 7. The fourth-order valence-electron chi connectivity index (χ4n) is 4.14. The van der Waals surface area contributed by atoms with E-state index >= 15 is 0 Å². The minimum Gasteiger partial charge on any atom is -0.368 e. The summed E-state index contributed by atoms with van der Waals surface area (Å²) in [5, 5.41) is 11.0. The van der Waals surface area contributed by atoms with Crippen molar-refractivity contribution in [3.63, 3.8) is 0 Å². The summed E-state index contributed by atoms with van der Waals surface area (Å²) >= 11 is 0. The summed E-state index contributed by atoms with van der Waals surface area (Å²) in [5.74, 6) is 1.84. The van der Waals surface area contributed by atoms with Crippen LogP contribution in [0.2, 0.25) is 0 Å². The molecule has 0 aromatic carbocycles. The number of likely N-dealkylation sites (N-methyl/N-ethyl adjacent to an activating group) is 1. The number of aromatic amines is 1. The second-order valence-corrected chi connectivity index (χ2v) is 6.83. The molecule has 25 heavy (non-hydrogen) atoms. The van der Waals surface area contributed by atoms with Crippen molar-refractivity contribution in [3.8, 4) is 0 Å². The van der Waals surface area contributed by atoms with Crippen molar-refractivity contribution >= 4 is 28.7 Å². The molecule has 0 unspecified atom stereocenters. The maximum Gasteiger partial charge on any atom is 0.224 e. The summed E-state index contributed by atoms with van der Waals surface area (Å²) in [6, 6.07) is 0.324. The number of nitrogens with one attached hydrogen (secondary N) is 2. The van der Waals surface area contributed by atoms with Gasteiger partial charge in [0.05, 0.1) is 11.6 Å². The average molecular weight is 344 g/mol. The van der Waals surface area contributed by atoms with Crippen LogP contribution in [0.4, 0.5) is 11.8 Å². The van der Waals surface area contributed by atoms with Crippen LogP contribution in [0.15, 0.2) is 6.20 Å². The second kappa shape index (κ2) is 6.47. The van der Waals surface area contributed by atoms with Gasteiger partial charge in [0.15, 0.2) is 5.65 Å². The van der Waals surface area contributed by atoms with E-state index < -0.39 is 0 Å². The lowest BCUT2D eigenvalue weighted by Gasteiger charge is -2.47. The zero-order chi connectivity index (χ0) is 17.4. The standard InChI is InChI=1S/C16H24N8O/c1-18-5-7-24-12-4-6-23(9-10(12)2-3-13(24)25)15-11-8-19-22-14(11)20-16(17)21-15/h8,10,12,18H,2-7,9H2,1H3,(H3,17,19,20,21,22)/t10-,12+/m0/s1. The van der Waals surface area contributed by atoms with Gasteiger partial charge in [0.2, 0.25) is 11.9 Å². The Morgan fingerprint density at radius 3 is 3.12 bits per heavy atom. The zero-order valence-electron chi connectivity index (χ0n) is 14.4. The Morgan fingerprint density at radius 2 is 2.28 bits per heavy atom. The lowest BCUT2D eigenvalue weighted by Crippen LogP contribution is -2.57. The number of nitrogens with two attached hydrogens (primary N) is 1. The molecule has 0 spiro atoms. The SMILES string of the molecule is CNCCN1C(=O)CC[C@H]2CN(c3nc(N)nc4[nH]ncc34)CC[C@H]21. The highest BCUT2D eigenvalue weighted by Crippen LogP contribution is 2.34. The molecule has 9 nitrogen and oxygen atoms in total. The molecule has 0 aliphatic carbocycles. The number of carbonyl (C=O) groups is 1. The van der Waals surface area contributed by atoms with Crippen LogP contribution in [-0.4, -0.2) is 70.2 Å². The molecule has 2 fully saturated rings. The van der Waals surface area contributed by atoms with E-state index in [2.05, 4.69) is 35.3 Å². The first kappa shape index (κ1) is 16.1. The number of aromatic nitrogens is 4.